The van der Waals surface area contributed by atoms with Crippen molar-refractivity contribution in [1.82, 2.24) is 16.0 Å². The summed E-state index contributed by atoms with van der Waals surface area (Å²) < 4.78 is 0. The number of hydrogen-bond donors (Lipinski definition) is 8. The van der Waals surface area contributed by atoms with E-state index in [-0.39, 0.29) is 25.1 Å². The first-order chi connectivity index (χ1) is 12.5. The van der Waals surface area contributed by atoms with Gasteiger partial charge in [0.2, 0.25) is 23.6 Å². The number of aliphatic hydroxyl groups is 1. The van der Waals surface area contributed by atoms with Gasteiger partial charge in [-0.05, 0) is 13.3 Å². The number of carboxylic acids is 1. The number of carboxylic acid groups (broad SMARTS) is 1. The zero-order valence-electron chi connectivity index (χ0n) is 14.7. The van der Waals surface area contributed by atoms with E-state index in [2.05, 4.69) is 28.6 Å². The molecule has 0 saturated heterocycles. The van der Waals surface area contributed by atoms with Crippen molar-refractivity contribution < 1.29 is 34.2 Å². The van der Waals surface area contributed by atoms with Gasteiger partial charge in [0, 0.05) is 12.2 Å². The molecular formula is C14H25N5O7S. The molecule has 0 radical (unpaired) electrons. The van der Waals surface area contributed by atoms with Gasteiger partial charge in [-0.3, -0.25) is 19.2 Å². The number of nitrogens with one attached hydrogen (secondary N) is 3. The molecule has 27 heavy (non-hydrogen) atoms. The number of carbonyl (C=O) groups is 5. The van der Waals surface area contributed by atoms with Crippen LogP contribution in [0.1, 0.15) is 19.8 Å². The normalized spacial score (nSPS) is 15.0. The van der Waals surface area contributed by atoms with Crippen molar-refractivity contribution in [3.63, 3.8) is 0 Å². The molecule has 0 aromatic heterocycles. The van der Waals surface area contributed by atoms with Crippen LogP contribution < -0.4 is 27.4 Å². The number of thiol groups is 1. The molecule has 4 unspecified atom stereocenters. The summed E-state index contributed by atoms with van der Waals surface area (Å²) in [7, 11) is 0. The van der Waals surface area contributed by atoms with E-state index >= 15 is 0 Å². The Hall–Kier alpha value is -2.38. The van der Waals surface area contributed by atoms with Crippen LogP contribution in [0.15, 0.2) is 0 Å². The lowest BCUT2D eigenvalue weighted by Crippen LogP contribution is -2.59. The minimum absolute atomic E-state index is 0.109. The molecule has 0 fully saturated rings. The number of aliphatic hydroxyl groups excluding tert-OH is 1. The number of amides is 4. The Morgan fingerprint density at radius 2 is 1.63 bits per heavy atom. The molecule has 0 aliphatic carbocycles. The Bertz CT molecular complexity index is 572. The van der Waals surface area contributed by atoms with Gasteiger partial charge in [-0.1, -0.05) is 0 Å². The van der Waals surface area contributed by atoms with E-state index in [0.717, 1.165) is 0 Å². The molecular weight excluding hydrogens is 382 g/mol. The minimum Gasteiger partial charge on any atom is -0.480 e. The summed E-state index contributed by atoms with van der Waals surface area (Å²) in [5, 5.41) is 25.5. The van der Waals surface area contributed by atoms with Crippen LogP contribution >= 0.6 is 12.6 Å². The molecule has 0 aliphatic heterocycles. The lowest BCUT2D eigenvalue weighted by Gasteiger charge is -2.25. The Kier molecular flexibility index (Phi) is 11.0. The molecule has 12 nitrogen and oxygen atoms in total. The average molecular weight is 407 g/mol. The SMILES string of the molecule is CC(O)C(NC(=O)C(CS)NC(=O)CN)C(=O)NC(CCC(N)=O)C(=O)O. The Balaban J connectivity index is 5.10. The number of primary amides is 1. The van der Waals surface area contributed by atoms with Crippen molar-refractivity contribution in [1.29, 1.82) is 0 Å². The van der Waals surface area contributed by atoms with Gasteiger partial charge in [0.15, 0.2) is 0 Å². The zero-order chi connectivity index (χ0) is 21.1. The number of aliphatic carboxylic acids is 1. The zero-order valence-corrected chi connectivity index (χ0v) is 15.6. The highest BCUT2D eigenvalue weighted by Gasteiger charge is 2.31. The summed E-state index contributed by atoms with van der Waals surface area (Å²) in [4.78, 5) is 57.8. The maximum atomic E-state index is 12.3. The highest BCUT2D eigenvalue weighted by atomic mass is 32.1. The molecule has 4 amide bonds. The van der Waals surface area contributed by atoms with E-state index in [1.807, 2.05) is 0 Å². The highest BCUT2D eigenvalue weighted by Crippen LogP contribution is 2.02. The molecule has 0 bridgehead atoms. The quantitative estimate of drug-likeness (QED) is 0.149. The second kappa shape index (κ2) is 12.1. The van der Waals surface area contributed by atoms with Crippen molar-refractivity contribution >= 4 is 42.2 Å². The summed E-state index contributed by atoms with van der Waals surface area (Å²) in [5.74, 6) is -4.70. The summed E-state index contributed by atoms with van der Waals surface area (Å²) in [5.41, 5.74) is 10.1. The van der Waals surface area contributed by atoms with E-state index in [9.17, 15) is 29.1 Å². The Labute approximate surface area is 160 Å². The lowest BCUT2D eigenvalue weighted by molar-refractivity contribution is -0.143. The van der Waals surface area contributed by atoms with Crippen LogP contribution in [-0.4, -0.2) is 76.3 Å². The van der Waals surface area contributed by atoms with Crippen LogP contribution in [-0.2, 0) is 24.0 Å². The summed E-state index contributed by atoms with van der Waals surface area (Å²) in [6.07, 6.45) is -1.93. The van der Waals surface area contributed by atoms with Crippen LogP contribution in [0, 0.1) is 0 Å². The van der Waals surface area contributed by atoms with Gasteiger partial charge in [-0.2, -0.15) is 12.6 Å². The fourth-order valence-corrected chi connectivity index (χ4v) is 2.17. The monoisotopic (exact) mass is 407 g/mol. The molecule has 13 heteroatoms. The van der Waals surface area contributed by atoms with Gasteiger partial charge in [0.25, 0.3) is 0 Å². The first-order valence-corrected chi connectivity index (χ1v) is 8.56. The van der Waals surface area contributed by atoms with Crippen molar-refractivity contribution in [2.75, 3.05) is 12.3 Å². The molecule has 0 aromatic rings. The van der Waals surface area contributed by atoms with E-state index < -0.39 is 53.8 Å². The fraction of sp³-hybridized carbons (Fsp3) is 0.643. The molecule has 0 heterocycles. The van der Waals surface area contributed by atoms with Gasteiger partial charge < -0.3 is 37.6 Å². The highest BCUT2D eigenvalue weighted by molar-refractivity contribution is 7.80. The molecule has 0 aliphatic rings. The second-order valence-electron chi connectivity index (χ2n) is 5.64. The minimum atomic E-state index is -1.51. The van der Waals surface area contributed by atoms with Gasteiger partial charge in [-0.15, -0.1) is 0 Å². The van der Waals surface area contributed by atoms with Gasteiger partial charge >= 0.3 is 5.97 Å². The first kappa shape index (κ1) is 24.6. The van der Waals surface area contributed by atoms with Crippen LogP contribution in [0.25, 0.3) is 0 Å². The molecule has 0 rings (SSSR count). The van der Waals surface area contributed by atoms with E-state index in [1.54, 1.807) is 0 Å². The third-order valence-electron chi connectivity index (χ3n) is 3.38. The largest absolute Gasteiger partial charge is 0.480 e. The van der Waals surface area contributed by atoms with Crippen LogP contribution in [0.4, 0.5) is 0 Å². The number of nitrogens with two attached hydrogens (primary N) is 2. The van der Waals surface area contributed by atoms with Gasteiger partial charge in [0.1, 0.15) is 18.1 Å². The van der Waals surface area contributed by atoms with Crippen molar-refractivity contribution in [3.8, 4) is 0 Å². The molecule has 154 valence electrons. The maximum Gasteiger partial charge on any atom is 0.326 e. The van der Waals surface area contributed by atoms with Gasteiger partial charge in [-0.25, -0.2) is 4.79 Å². The fourth-order valence-electron chi connectivity index (χ4n) is 1.91. The van der Waals surface area contributed by atoms with Crippen molar-refractivity contribution in [2.24, 2.45) is 11.5 Å². The van der Waals surface area contributed by atoms with Crippen LogP contribution in [0.2, 0.25) is 0 Å². The number of rotatable bonds is 12. The summed E-state index contributed by atoms with van der Waals surface area (Å²) >= 11 is 3.92. The standard InChI is InChI=1S/C14H25N5O7S/c1-6(20)11(19-12(23)8(5-27)17-10(22)4-15)13(24)18-7(14(25)26)2-3-9(16)21/h6-8,11,20,27H,2-5,15H2,1H3,(H2,16,21)(H,17,22)(H,18,24)(H,19,23)(H,25,26). The summed E-state index contributed by atoms with van der Waals surface area (Å²) in [6.45, 7) is 0.843. The molecule has 4 atom stereocenters. The summed E-state index contributed by atoms with van der Waals surface area (Å²) in [6, 6.07) is -4.07. The maximum absolute atomic E-state index is 12.3. The van der Waals surface area contributed by atoms with Crippen molar-refractivity contribution in [2.45, 2.75) is 44.0 Å². The van der Waals surface area contributed by atoms with E-state index in [1.165, 1.54) is 6.92 Å². The molecule has 0 saturated carbocycles. The first-order valence-electron chi connectivity index (χ1n) is 7.93. The van der Waals surface area contributed by atoms with Crippen LogP contribution in [0.3, 0.4) is 0 Å². The number of hydrogen-bond acceptors (Lipinski definition) is 8. The van der Waals surface area contributed by atoms with Crippen LogP contribution in [0.5, 0.6) is 0 Å². The van der Waals surface area contributed by atoms with E-state index in [0.29, 0.717) is 0 Å². The number of carbonyl (C=O) groups excluding carboxylic acids is 4. The third-order valence-corrected chi connectivity index (χ3v) is 3.74. The Morgan fingerprint density at radius 1 is 1.04 bits per heavy atom. The predicted octanol–water partition coefficient (Wildman–Crippen LogP) is -3.94. The van der Waals surface area contributed by atoms with Gasteiger partial charge in [0.05, 0.1) is 12.6 Å². The smallest absolute Gasteiger partial charge is 0.326 e. The molecule has 0 spiro atoms. The van der Waals surface area contributed by atoms with Crippen molar-refractivity contribution in [3.05, 3.63) is 0 Å². The predicted molar refractivity (Wildman–Crippen MR) is 96.4 cm³/mol. The molecule has 0 aromatic carbocycles. The Morgan fingerprint density at radius 3 is 2.04 bits per heavy atom. The third kappa shape index (κ3) is 9.21. The van der Waals surface area contributed by atoms with E-state index in [4.69, 9.17) is 16.6 Å². The molecule has 9 N–H and O–H groups in total. The average Bonchev–Trinajstić information content (AvgIpc) is 2.59. The second-order valence-corrected chi connectivity index (χ2v) is 6.00. The topological polar surface area (TPSA) is 214 Å². The lowest BCUT2D eigenvalue weighted by atomic mass is 10.1.